The molecule has 2 N–H and O–H groups in total. The number of carbonyl (C=O) groups is 3. The maximum atomic E-state index is 13.4. The first kappa shape index (κ1) is 22.4. The molecule has 1 atom stereocenters. The van der Waals surface area contributed by atoms with Gasteiger partial charge in [-0.25, -0.2) is 4.79 Å². The zero-order chi connectivity index (χ0) is 24.4. The SMILES string of the molecule is COc1ccc2cc([C@]3(C)NC(=O)N(CC(=O)NCC45CC6CC(CC(C6)C4)C5)C3=O)ccc2c1. The van der Waals surface area contributed by atoms with Crippen molar-refractivity contribution in [2.24, 2.45) is 23.2 Å². The van der Waals surface area contributed by atoms with Gasteiger partial charge in [0.2, 0.25) is 5.91 Å². The molecular weight excluding hydrogens is 442 g/mol. The summed E-state index contributed by atoms with van der Waals surface area (Å²) in [6, 6.07) is 10.9. The minimum atomic E-state index is -1.22. The molecule has 0 unspecified atom stereocenters. The quantitative estimate of drug-likeness (QED) is 0.620. The van der Waals surface area contributed by atoms with Crippen molar-refractivity contribution < 1.29 is 19.1 Å². The number of rotatable bonds is 6. The fourth-order valence-electron chi connectivity index (χ4n) is 7.69. The summed E-state index contributed by atoms with van der Waals surface area (Å²) >= 11 is 0. The lowest BCUT2D eigenvalue weighted by molar-refractivity contribution is -0.135. The summed E-state index contributed by atoms with van der Waals surface area (Å²) in [5.41, 5.74) is -0.319. The number of ether oxygens (including phenoxy) is 1. The number of carbonyl (C=O) groups excluding carboxylic acids is 3. The van der Waals surface area contributed by atoms with E-state index in [2.05, 4.69) is 10.6 Å². The first-order chi connectivity index (χ1) is 16.8. The molecule has 4 amide bonds. The second-order valence-electron chi connectivity index (χ2n) is 11.6. The zero-order valence-corrected chi connectivity index (χ0v) is 20.4. The molecule has 0 aromatic heterocycles. The van der Waals surface area contributed by atoms with Gasteiger partial charge in [-0.15, -0.1) is 0 Å². The van der Waals surface area contributed by atoms with Gasteiger partial charge >= 0.3 is 6.03 Å². The van der Waals surface area contributed by atoms with Crippen LogP contribution >= 0.6 is 0 Å². The van der Waals surface area contributed by atoms with Crippen LogP contribution in [0.2, 0.25) is 0 Å². The minimum absolute atomic E-state index is 0.212. The number of amides is 4. The molecule has 7 rings (SSSR count). The van der Waals surface area contributed by atoms with Gasteiger partial charge in [0.1, 0.15) is 17.8 Å². The third kappa shape index (κ3) is 3.76. The van der Waals surface area contributed by atoms with Gasteiger partial charge in [-0.3, -0.25) is 14.5 Å². The molecule has 5 fully saturated rings. The Bertz CT molecular complexity index is 1190. The molecule has 4 bridgehead atoms. The maximum absolute atomic E-state index is 13.4. The van der Waals surface area contributed by atoms with Gasteiger partial charge < -0.3 is 15.4 Å². The summed E-state index contributed by atoms with van der Waals surface area (Å²) in [6.45, 7) is 2.10. The third-order valence-corrected chi connectivity index (χ3v) is 9.03. The Hall–Kier alpha value is -3.09. The molecule has 1 aliphatic heterocycles. The number of urea groups is 1. The third-order valence-electron chi connectivity index (χ3n) is 9.03. The van der Waals surface area contributed by atoms with Crippen molar-refractivity contribution in [3.63, 3.8) is 0 Å². The molecule has 1 heterocycles. The highest BCUT2D eigenvalue weighted by molar-refractivity contribution is 6.09. The summed E-state index contributed by atoms with van der Waals surface area (Å²) in [5.74, 6) is 2.53. The molecule has 5 aliphatic rings. The van der Waals surface area contributed by atoms with Crippen LogP contribution in [0.4, 0.5) is 4.79 Å². The highest BCUT2D eigenvalue weighted by atomic mass is 16.5. The van der Waals surface area contributed by atoms with Crippen molar-refractivity contribution in [2.75, 3.05) is 20.2 Å². The maximum Gasteiger partial charge on any atom is 0.325 e. The van der Waals surface area contributed by atoms with Gasteiger partial charge in [0.25, 0.3) is 5.91 Å². The first-order valence-electron chi connectivity index (χ1n) is 12.8. The molecule has 0 spiro atoms. The van der Waals surface area contributed by atoms with E-state index in [9.17, 15) is 14.4 Å². The normalized spacial score (nSPS) is 33.3. The van der Waals surface area contributed by atoms with E-state index < -0.39 is 17.5 Å². The van der Waals surface area contributed by atoms with E-state index in [0.29, 0.717) is 12.1 Å². The summed E-state index contributed by atoms with van der Waals surface area (Å²) in [6.07, 6.45) is 7.68. The average molecular weight is 476 g/mol. The van der Waals surface area contributed by atoms with E-state index in [1.165, 1.54) is 38.5 Å². The van der Waals surface area contributed by atoms with E-state index in [4.69, 9.17) is 4.74 Å². The van der Waals surface area contributed by atoms with E-state index in [1.54, 1.807) is 14.0 Å². The lowest BCUT2D eigenvalue weighted by Crippen LogP contribution is -2.52. The smallest absolute Gasteiger partial charge is 0.325 e. The molecule has 2 aromatic carbocycles. The van der Waals surface area contributed by atoms with Crippen LogP contribution in [0.25, 0.3) is 10.8 Å². The fourth-order valence-corrected chi connectivity index (χ4v) is 7.69. The van der Waals surface area contributed by atoms with Crippen molar-refractivity contribution >= 4 is 28.6 Å². The molecule has 7 nitrogen and oxygen atoms in total. The van der Waals surface area contributed by atoms with E-state index in [1.807, 2.05) is 36.4 Å². The predicted octanol–water partition coefficient (Wildman–Crippen LogP) is 3.95. The minimum Gasteiger partial charge on any atom is -0.497 e. The van der Waals surface area contributed by atoms with Gasteiger partial charge in [0.15, 0.2) is 0 Å². The number of nitrogens with zero attached hydrogens (tertiary/aromatic N) is 1. The highest BCUT2D eigenvalue weighted by Gasteiger charge is 2.52. The van der Waals surface area contributed by atoms with Gasteiger partial charge in [-0.1, -0.05) is 18.2 Å². The molecule has 7 heteroatoms. The standard InChI is InChI=1S/C28H33N3O4/c1-27(22-5-3-21-11-23(35-2)6-4-20(21)10-22)25(33)31(26(34)30-27)15-24(32)29-16-28-12-17-7-18(13-28)9-19(8-17)14-28/h3-6,10-11,17-19H,7-9,12-16H2,1-2H3,(H,29,32)(H,30,34)/t17?,18?,19?,27-,28?/m0/s1. The largest absolute Gasteiger partial charge is 0.497 e. The van der Waals surface area contributed by atoms with E-state index >= 15 is 0 Å². The van der Waals surface area contributed by atoms with Crippen molar-refractivity contribution in [3.8, 4) is 5.75 Å². The summed E-state index contributed by atoms with van der Waals surface area (Å²) < 4.78 is 5.29. The van der Waals surface area contributed by atoms with Crippen molar-refractivity contribution in [1.82, 2.24) is 15.5 Å². The lowest BCUT2D eigenvalue weighted by atomic mass is 9.49. The number of fused-ring (bicyclic) bond motifs is 1. The summed E-state index contributed by atoms with van der Waals surface area (Å²) in [4.78, 5) is 40.1. The number of imide groups is 1. The van der Waals surface area contributed by atoms with Crippen LogP contribution in [0.1, 0.15) is 51.0 Å². The van der Waals surface area contributed by atoms with Crippen molar-refractivity contribution in [2.45, 2.75) is 51.0 Å². The van der Waals surface area contributed by atoms with Gasteiger partial charge in [-0.05, 0) is 103 Å². The predicted molar refractivity (Wildman–Crippen MR) is 132 cm³/mol. The number of methoxy groups -OCH3 is 1. The van der Waals surface area contributed by atoms with Gasteiger partial charge in [-0.2, -0.15) is 0 Å². The van der Waals surface area contributed by atoms with Crippen LogP contribution in [0.3, 0.4) is 0 Å². The molecule has 184 valence electrons. The zero-order valence-electron chi connectivity index (χ0n) is 20.4. The van der Waals surface area contributed by atoms with E-state index in [0.717, 1.165) is 39.2 Å². The number of nitrogens with one attached hydrogen (secondary N) is 2. The van der Waals surface area contributed by atoms with E-state index in [-0.39, 0.29) is 17.9 Å². The van der Waals surface area contributed by atoms with Gasteiger partial charge in [0, 0.05) is 6.54 Å². The van der Waals surface area contributed by atoms with Crippen LogP contribution in [0, 0.1) is 23.2 Å². The molecular formula is C28H33N3O4. The molecule has 4 saturated carbocycles. The van der Waals surface area contributed by atoms with Crippen molar-refractivity contribution in [3.05, 3.63) is 42.0 Å². The second kappa shape index (κ2) is 7.97. The fraction of sp³-hybridized carbons (Fsp3) is 0.536. The molecule has 0 radical (unpaired) electrons. The highest BCUT2D eigenvalue weighted by Crippen LogP contribution is 2.59. The number of benzene rings is 2. The second-order valence-corrected chi connectivity index (χ2v) is 11.6. The van der Waals surface area contributed by atoms with Crippen LogP contribution in [-0.4, -0.2) is 42.9 Å². The summed E-state index contributed by atoms with van der Waals surface area (Å²) in [5, 5.41) is 7.83. The summed E-state index contributed by atoms with van der Waals surface area (Å²) in [7, 11) is 1.62. The topological polar surface area (TPSA) is 87.7 Å². The Morgan fingerprint density at radius 1 is 1.03 bits per heavy atom. The molecule has 35 heavy (non-hydrogen) atoms. The van der Waals surface area contributed by atoms with Crippen LogP contribution < -0.4 is 15.4 Å². The van der Waals surface area contributed by atoms with Crippen LogP contribution in [0.15, 0.2) is 36.4 Å². The monoisotopic (exact) mass is 475 g/mol. The Morgan fingerprint density at radius 2 is 1.66 bits per heavy atom. The number of hydrogen-bond donors (Lipinski definition) is 2. The lowest BCUT2D eigenvalue weighted by Gasteiger charge is -2.56. The molecule has 1 saturated heterocycles. The first-order valence-corrected chi connectivity index (χ1v) is 12.8. The van der Waals surface area contributed by atoms with Crippen molar-refractivity contribution in [1.29, 1.82) is 0 Å². The Balaban J connectivity index is 1.14. The molecule has 4 aliphatic carbocycles. The average Bonchev–Trinajstić information content (AvgIpc) is 3.05. The Kier molecular flexibility index (Phi) is 5.09. The molecule has 2 aromatic rings. The number of hydrogen-bond acceptors (Lipinski definition) is 4. The van der Waals surface area contributed by atoms with Gasteiger partial charge in [0.05, 0.1) is 7.11 Å². The van der Waals surface area contributed by atoms with Crippen LogP contribution in [0.5, 0.6) is 5.75 Å². The Labute approximate surface area is 205 Å². The Morgan fingerprint density at radius 3 is 2.31 bits per heavy atom. The van der Waals surface area contributed by atoms with Crippen LogP contribution in [-0.2, 0) is 15.1 Å².